The molecular formula is C26H32N4O2S. The van der Waals surface area contributed by atoms with Crippen molar-refractivity contribution in [2.45, 2.75) is 20.3 Å². The van der Waals surface area contributed by atoms with Gasteiger partial charge in [0.15, 0.2) is 0 Å². The fourth-order valence-corrected chi connectivity index (χ4v) is 4.15. The van der Waals surface area contributed by atoms with Crippen LogP contribution in [0.1, 0.15) is 19.4 Å². The SMILES string of the molecule is CCN(CC)CCc1c[nH]c2ccc(NS(N)(=O)=O)cc12.c1ccc(-c2ccccc2)cc1. The van der Waals surface area contributed by atoms with Crippen molar-refractivity contribution < 1.29 is 8.42 Å². The lowest BCUT2D eigenvalue weighted by Gasteiger charge is -2.17. The average molecular weight is 465 g/mol. The van der Waals surface area contributed by atoms with Crippen LogP contribution >= 0.6 is 0 Å². The van der Waals surface area contributed by atoms with Crippen LogP contribution in [0.3, 0.4) is 0 Å². The summed E-state index contributed by atoms with van der Waals surface area (Å²) in [5.41, 5.74) is 5.20. The first-order chi connectivity index (χ1) is 15.9. The number of benzene rings is 3. The summed E-state index contributed by atoms with van der Waals surface area (Å²) in [6.07, 6.45) is 2.90. The first kappa shape index (κ1) is 24.5. The van der Waals surface area contributed by atoms with Gasteiger partial charge in [0.25, 0.3) is 10.2 Å². The first-order valence-corrected chi connectivity index (χ1v) is 12.7. The van der Waals surface area contributed by atoms with E-state index in [1.807, 2.05) is 30.5 Å². The van der Waals surface area contributed by atoms with Gasteiger partial charge < -0.3 is 9.88 Å². The number of hydrogen-bond acceptors (Lipinski definition) is 3. The lowest BCUT2D eigenvalue weighted by molar-refractivity contribution is 0.308. The Kier molecular flexibility index (Phi) is 8.65. The third kappa shape index (κ3) is 7.46. The number of nitrogens with two attached hydrogens (primary N) is 1. The van der Waals surface area contributed by atoms with Gasteiger partial charge in [-0.05, 0) is 54.4 Å². The summed E-state index contributed by atoms with van der Waals surface area (Å²) in [6.45, 7) is 7.32. The third-order valence-corrected chi connectivity index (χ3v) is 6.02. The topological polar surface area (TPSA) is 91.2 Å². The number of aromatic nitrogens is 1. The molecule has 0 amide bonds. The van der Waals surface area contributed by atoms with Gasteiger partial charge in [0.05, 0.1) is 5.69 Å². The fraction of sp³-hybridized carbons (Fsp3) is 0.231. The average Bonchev–Trinajstić information content (AvgIpc) is 3.22. The zero-order valence-electron chi connectivity index (χ0n) is 19.2. The van der Waals surface area contributed by atoms with Gasteiger partial charge in [0.1, 0.15) is 0 Å². The van der Waals surface area contributed by atoms with E-state index in [2.05, 4.69) is 77.0 Å². The molecule has 33 heavy (non-hydrogen) atoms. The minimum atomic E-state index is -3.74. The number of nitrogens with zero attached hydrogens (tertiary/aromatic N) is 1. The van der Waals surface area contributed by atoms with Crippen molar-refractivity contribution in [1.29, 1.82) is 0 Å². The Bertz CT molecular complexity index is 1200. The summed E-state index contributed by atoms with van der Waals surface area (Å²) in [4.78, 5) is 5.56. The summed E-state index contributed by atoms with van der Waals surface area (Å²) in [5, 5.41) is 6.03. The highest BCUT2D eigenvalue weighted by atomic mass is 32.2. The molecule has 0 aliphatic carbocycles. The largest absolute Gasteiger partial charge is 0.361 e. The molecule has 4 rings (SSSR count). The molecule has 0 atom stereocenters. The second-order valence-corrected chi connectivity index (χ2v) is 9.02. The Hall–Kier alpha value is -3.13. The van der Waals surface area contributed by atoms with Crippen LogP contribution in [-0.4, -0.2) is 37.9 Å². The Morgan fingerprint density at radius 2 is 1.45 bits per heavy atom. The molecule has 0 unspecified atom stereocenters. The van der Waals surface area contributed by atoms with Crippen molar-refractivity contribution in [3.8, 4) is 11.1 Å². The van der Waals surface area contributed by atoms with Gasteiger partial charge in [0.2, 0.25) is 0 Å². The molecule has 0 aliphatic rings. The monoisotopic (exact) mass is 464 g/mol. The highest BCUT2D eigenvalue weighted by Gasteiger charge is 2.08. The standard InChI is InChI=1S/C14H22N4O2S.C12H10/c1-3-18(4-2)8-7-11-10-16-14-6-5-12(9-13(11)14)17-21(15,19)20;1-3-7-11(8-4-1)12-9-5-2-6-10-12/h5-6,9-10,16-17H,3-4,7-8H2,1-2H3,(H2,15,19,20);1-10H. The van der Waals surface area contributed by atoms with Crippen molar-refractivity contribution in [2.24, 2.45) is 5.14 Å². The number of likely N-dealkylation sites (N-methyl/N-ethyl adjacent to an activating group) is 1. The Morgan fingerprint density at radius 3 is 1.97 bits per heavy atom. The van der Waals surface area contributed by atoms with Crippen LogP contribution in [0.15, 0.2) is 85.1 Å². The van der Waals surface area contributed by atoms with Crippen LogP contribution in [0, 0.1) is 0 Å². The predicted molar refractivity (Wildman–Crippen MR) is 138 cm³/mol. The number of aromatic amines is 1. The van der Waals surface area contributed by atoms with Crippen molar-refractivity contribution in [3.63, 3.8) is 0 Å². The molecule has 7 heteroatoms. The molecule has 4 N–H and O–H groups in total. The molecular weight excluding hydrogens is 432 g/mol. The molecule has 6 nitrogen and oxygen atoms in total. The molecule has 0 bridgehead atoms. The number of H-pyrrole nitrogens is 1. The van der Waals surface area contributed by atoms with Gasteiger partial charge in [0, 0.05) is 23.6 Å². The molecule has 3 aromatic carbocycles. The molecule has 0 saturated heterocycles. The lowest BCUT2D eigenvalue weighted by atomic mass is 10.1. The summed E-state index contributed by atoms with van der Waals surface area (Å²) in [5.74, 6) is 0. The molecule has 0 radical (unpaired) electrons. The van der Waals surface area contributed by atoms with Crippen molar-refractivity contribution in [3.05, 3.63) is 90.6 Å². The normalized spacial score (nSPS) is 11.3. The van der Waals surface area contributed by atoms with E-state index in [1.165, 1.54) is 16.7 Å². The van der Waals surface area contributed by atoms with Crippen molar-refractivity contribution >= 4 is 26.8 Å². The number of hydrogen-bond donors (Lipinski definition) is 3. The predicted octanol–water partition coefficient (Wildman–Crippen LogP) is 5.02. The van der Waals surface area contributed by atoms with E-state index < -0.39 is 10.2 Å². The Balaban J connectivity index is 0.000000215. The molecule has 0 saturated carbocycles. The van der Waals surface area contributed by atoms with Crippen molar-refractivity contribution in [2.75, 3.05) is 24.4 Å². The van der Waals surface area contributed by atoms with Gasteiger partial charge in [-0.1, -0.05) is 74.5 Å². The number of nitrogens with one attached hydrogen (secondary N) is 2. The van der Waals surface area contributed by atoms with E-state index in [0.717, 1.165) is 37.0 Å². The highest BCUT2D eigenvalue weighted by molar-refractivity contribution is 7.90. The molecule has 1 heterocycles. The van der Waals surface area contributed by atoms with Gasteiger partial charge >= 0.3 is 0 Å². The van der Waals surface area contributed by atoms with E-state index in [4.69, 9.17) is 5.14 Å². The zero-order chi connectivity index (χ0) is 23.7. The summed E-state index contributed by atoms with van der Waals surface area (Å²) in [6, 6.07) is 26.1. The number of rotatable bonds is 8. The second kappa shape index (κ2) is 11.7. The molecule has 1 aromatic heterocycles. The minimum Gasteiger partial charge on any atom is -0.361 e. The van der Waals surface area contributed by atoms with Gasteiger partial charge in [-0.2, -0.15) is 8.42 Å². The quantitative estimate of drug-likeness (QED) is 0.342. The first-order valence-electron chi connectivity index (χ1n) is 11.1. The molecule has 0 spiro atoms. The van der Waals surface area contributed by atoms with E-state index in [-0.39, 0.29) is 0 Å². The van der Waals surface area contributed by atoms with Gasteiger partial charge in [-0.3, -0.25) is 4.72 Å². The maximum absolute atomic E-state index is 11.1. The third-order valence-electron chi connectivity index (χ3n) is 5.50. The zero-order valence-corrected chi connectivity index (χ0v) is 20.0. The van der Waals surface area contributed by atoms with E-state index in [1.54, 1.807) is 6.07 Å². The number of fused-ring (bicyclic) bond motifs is 1. The minimum absolute atomic E-state index is 0.480. The van der Waals surface area contributed by atoms with Crippen LogP contribution in [0.2, 0.25) is 0 Å². The van der Waals surface area contributed by atoms with Crippen LogP contribution in [0.25, 0.3) is 22.0 Å². The Labute approximate surface area is 196 Å². The summed E-state index contributed by atoms with van der Waals surface area (Å²) >= 11 is 0. The van der Waals surface area contributed by atoms with Crippen molar-refractivity contribution in [1.82, 2.24) is 9.88 Å². The maximum atomic E-state index is 11.1. The fourth-order valence-electron chi connectivity index (χ4n) is 3.69. The van der Waals surface area contributed by atoms with Gasteiger partial charge in [-0.25, -0.2) is 5.14 Å². The lowest BCUT2D eigenvalue weighted by Crippen LogP contribution is -2.25. The van der Waals surface area contributed by atoms with E-state index in [0.29, 0.717) is 5.69 Å². The Morgan fingerprint density at radius 1 is 0.879 bits per heavy atom. The van der Waals surface area contributed by atoms with Crippen LogP contribution in [-0.2, 0) is 16.6 Å². The van der Waals surface area contributed by atoms with Crippen LogP contribution in [0.5, 0.6) is 0 Å². The van der Waals surface area contributed by atoms with Crippen LogP contribution < -0.4 is 9.86 Å². The number of anilines is 1. The van der Waals surface area contributed by atoms with E-state index >= 15 is 0 Å². The second-order valence-electron chi connectivity index (χ2n) is 7.73. The summed E-state index contributed by atoms with van der Waals surface area (Å²) in [7, 11) is -3.74. The summed E-state index contributed by atoms with van der Waals surface area (Å²) < 4.78 is 24.5. The van der Waals surface area contributed by atoms with Gasteiger partial charge in [-0.15, -0.1) is 0 Å². The highest BCUT2D eigenvalue weighted by Crippen LogP contribution is 2.23. The van der Waals surface area contributed by atoms with E-state index in [9.17, 15) is 8.42 Å². The molecule has 174 valence electrons. The smallest absolute Gasteiger partial charge is 0.296 e. The molecule has 0 aliphatic heterocycles. The van der Waals surface area contributed by atoms with Crippen LogP contribution in [0.4, 0.5) is 5.69 Å². The maximum Gasteiger partial charge on any atom is 0.296 e. The molecule has 4 aromatic rings. The molecule has 0 fully saturated rings.